The van der Waals surface area contributed by atoms with Gasteiger partial charge < -0.3 is 0 Å². The number of benzene rings is 1. The molecule has 0 atom stereocenters. The molecular weight excluding hydrogens is 399 g/mol. The largest absolute Gasteiger partial charge is 0.289 e. The number of hydrogen-bond acceptors (Lipinski definition) is 4. The van der Waals surface area contributed by atoms with Gasteiger partial charge >= 0.3 is 0 Å². The average Bonchev–Trinajstić information content (AvgIpc) is 2.33. The molecule has 2 aromatic rings. The van der Waals surface area contributed by atoms with Gasteiger partial charge in [-0.2, -0.15) is 5.10 Å². The van der Waals surface area contributed by atoms with Gasteiger partial charge in [-0.1, -0.05) is 0 Å². The zero-order valence-corrected chi connectivity index (χ0v) is 12.1. The van der Waals surface area contributed by atoms with Crippen molar-refractivity contribution in [1.29, 1.82) is 0 Å². The molecule has 86 valence electrons. The second kappa shape index (κ2) is 5.50. The Kier molecular flexibility index (Phi) is 4.00. The molecule has 0 aliphatic heterocycles. The number of halogens is 2. The van der Waals surface area contributed by atoms with Crippen LogP contribution in [0, 0.1) is 3.57 Å². The molecule has 1 amide bonds. The van der Waals surface area contributed by atoms with Crippen LogP contribution in [0.1, 0.15) is 10.4 Å². The molecule has 1 aromatic heterocycles. The van der Waals surface area contributed by atoms with Gasteiger partial charge in [-0.3, -0.25) is 10.1 Å². The van der Waals surface area contributed by atoms with Gasteiger partial charge in [-0.05, 0) is 56.7 Å². The minimum atomic E-state index is -0.275. The number of hydrogen-bond donors (Lipinski definition) is 1. The van der Waals surface area contributed by atoms with E-state index in [0.29, 0.717) is 5.56 Å². The first-order valence-corrected chi connectivity index (χ1v) is 6.44. The van der Waals surface area contributed by atoms with Crippen LogP contribution in [0.2, 0.25) is 0 Å². The van der Waals surface area contributed by atoms with Gasteiger partial charge in [-0.25, -0.2) is 4.98 Å². The van der Waals surface area contributed by atoms with E-state index in [0.717, 1.165) is 8.04 Å². The fraction of sp³-hybridized carbons (Fsp3) is 0. The minimum Gasteiger partial charge on any atom is -0.289 e. The van der Waals surface area contributed by atoms with Crippen molar-refractivity contribution >= 4 is 50.4 Å². The fourth-order valence-corrected chi connectivity index (χ4v) is 2.06. The van der Waals surface area contributed by atoms with Crippen LogP contribution in [0.3, 0.4) is 0 Å². The summed E-state index contributed by atoms with van der Waals surface area (Å²) in [4.78, 5) is 15.8. The van der Waals surface area contributed by atoms with Gasteiger partial charge in [0.1, 0.15) is 0 Å². The number of anilines is 1. The van der Waals surface area contributed by atoms with Gasteiger partial charge in [0, 0.05) is 8.04 Å². The topological polar surface area (TPSA) is 67.8 Å². The van der Waals surface area contributed by atoms with E-state index in [1.807, 2.05) is 12.1 Å². The predicted octanol–water partition coefficient (Wildman–Crippen LogP) is 2.49. The summed E-state index contributed by atoms with van der Waals surface area (Å²) in [5, 5.41) is 9.89. The normalized spacial score (nSPS) is 10.0. The van der Waals surface area contributed by atoms with Crippen LogP contribution in [0.5, 0.6) is 0 Å². The second-order valence-electron chi connectivity index (χ2n) is 3.04. The van der Waals surface area contributed by atoms with Crippen LogP contribution < -0.4 is 5.32 Å². The van der Waals surface area contributed by atoms with E-state index in [-0.39, 0.29) is 11.9 Å². The van der Waals surface area contributed by atoms with Crippen molar-refractivity contribution in [3.05, 3.63) is 44.2 Å². The van der Waals surface area contributed by atoms with E-state index in [2.05, 4.69) is 59.0 Å². The van der Waals surface area contributed by atoms with Crippen molar-refractivity contribution in [2.45, 2.75) is 0 Å². The molecule has 2 rings (SSSR count). The highest BCUT2D eigenvalue weighted by Gasteiger charge is 2.11. The smallest absolute Gasteiger partial charge is 0.259 e. The highest BCUT2D eigenvalue weighted by atomic mass is 127. The first-order valence-electron chi connectivity index (χ1n) is 4.57. The Labute approximate surface area is 119 Å². The maximum absolute atomic E-state index is 11.9. The lowest BCUT2D eigenvalue weighted by Gasteiger charge is -2.05. The molecule has 0 saturated carbocycles. The predicted molar refractivity (Wildman–Crippen MR) is 74.6 cm³/mol. The lowest BCUT2D eigenvalue weighted by molar-refractivity contribution is 0.102. The molecule has 1 N–H and O–H groups in total. The van der Waals surface area contributed by atoms with E-state index in [1.165, 1.54) is 12.4 Å². The molecule has 0 spiro atoms. The Hall–Kier alpha value is -1.09. The molecule has 0 radical (unpaired) electrons. The Morgan fingerprint density at radius 2 is 2.18 bits per heavy atom. The molecule has 5 nitrogen and oxygen atoms in total. The highest BCUT2D eigenvalue weighted by Crippen LogP contribution is 2.20. The van der Waals surface area contributed by atoms with Crippen LogP contribution in [-0.4, -0.2) is 21.1 Å². The molecule has 0 aliphatic rings. The van der Waals surface area contributed by atoms with Gasteiger partial charge in [-0.15, -0.1) is 5.10 Å². The summed E-state index contributed by atoms with van der Waals surface area (Å²) >= 11 is 5.47. The van der Waals surface area contributed by atoms with Crippen LogP contribution in [-0.2, 0) is 0 Å². The summed E-state index contributed by atoms with van der Waals surface area (Å²) in [6, 6.07) is 5.50. The number of carbonyl (C=O) groups excluding carboxylic acids is 1. The van der Waals surface area contributed by atoms with E-state index < -0.39 is 0 Å². The lowest BCUT2D eigenvalue weighted by atomic mass is 10.2. The fourth-order valence-electron chi connectivity index (χ4n) is 1.15. The number of amides is 1. The highest BCUT2D eigenvalue weighted by molar-refractivity contribution is 14.1. The number of rotatable bonds is 2. The molecule has 0 fully saturated rings. The standard InChI is InChI=1S/C10H6BrIN4O/c11-8-2-1-6(12)5-7(8)9(17)15-10-13-3-4-14-16-10/h1-5H,(H,13,15,16,17). The number of carbonyl (C=O) groups is 1. The van der Waals surface area contributed by atoms with E-state index >= 15 is 0 Å². The van der Waals surface area contributed by atoms with Crippen molar-refractivity contribution in [2.24, 2.45) is 0 Å². The van der Waals surface area contributed by atoms with Gasteiger partial charge in [0.25, 0.3) is 5.91 Å². The van der Waals surface area contributed by atoms with E-state index in [4.69, 9.17) is 0 Å². The first kappa shape index (κ1) is 12.4. The molecule has 1 aromatic carbocycles. The maximum atomic E-state index is 11.9. The van der Waals surface area contributed by atoms with Gasteiger partial charge in [0.05, 0.1) is 18.0 Å². The maximum Gasteiger partial charge on any atom is 0.259 e. The Bertz CT molecular complexity index is 549. The number of nitrogens with one attached hydrogen (secondary N) is 1. The third-order valence-corrected chi connectivity index (χ3v) is 3.24. The summed E-state index contributed by atoms with van der Waals surface area (Å²) in [5.74, 6) is -0.0911. The lowest BCUT2D eigenvalue weighted by Crippen LogP contribution is -2.15. The second-order valence-corrected chi connectivity index (χ2v) is 5.14. The summed E-state index contributed by atoms with van der Waals surface area (Å²) in [6.07, 6.45) is 2.91. The molecular formula is C10H6BrIN4O. The molecule has 0 unspecified atom stereocenters. The Morgan fingerprint density at radius 3 is 2.88 bits per heavy atom. The third kappa shape index (κ3) is 3.19. The van der Waals surface area contributed by atoms with Crippen LogP contribution in [0.4, 0.5) is 5.95 Å². The summed E-state index contributed by atoms with van der Waals surface area (Å²) < 4.78 is 1.70. The molecule has 0 saturated heterocycles. The molecule has 0 aliphatic carbocycles. The zero-order chi connectivity index (χ0) is 12.3. The molecule has 1 heterocycles. The molecule has 0 bridgehead atoms. The van der Waals surface area contributed by atoms with Crippen LogP contribution in [0.25, 0.3) is 0 Å². The van der Waals surface area contributed by atoms with Crippen LogP contribution >= 0.6 is 38.5 Å². The minimum absolute atomic E-state index is 0.184. The van der Waals surface area contributed by atoms with E-state index in [1.54, 1.807) is 6.07 Å². The third-order valence-electron chi connectivity index (χ3n) is 1.88. The summed E-state index contributed by atoms with van der Waals surface area (Å²) in [5.41, 5.74) is 0.532. The average molecular weight is 405 g/mol. The van der Waals surface area contributed by atoms with Gasteiger partial charge in [0.15, 0.2) is 0 Å². The molecule has 17 heavy (non-hydrogen) atoms. The van der Waals surface area contributed by atoms with Crippen molar-refractivity contribution in [2.75, 3.05) is 5.32 Å². The van der Waals surface area contributed by atoms with E-state index in [9.17, 15) is 4.79 Å². The van der Waals surface area contributed by atoms with Crippen molar-refractivity contribution < 1.29 is 4.79 Å². The van der Waals surface area contributed by atoms with Crippen molar-refractivity contribution in [3.8, 4) is 0 Å². The zero-order valence-electron chi connectivity index (χ0n) is 8.39. The Balaban J connectivity index is 2.23. The summed E-state index contributed by atoms with van der Waals surface area (Å²) in [6.45, 7) is 0. The summed E-state index contributed by atoms with van der Waals surface area (Å²) in [7, 11) is 0. The number of aromatic nitrogens is 3. The monoisotopic (exact) mass is 404 g/mol. The quantitative estimate of drug-likeness (QED) is 0.781. The Morgan fingerprint density at radius 1 is 1.35 bits per heavy atom. The van der Waals surface area contributed by atoms with Crippen molar-refractivity contribution in [1.82, 2.24) is 15.2 Å². The number of nitrogens with zero attached hydrogens (tertiary/aromatic N) is 3. The first-order chi connectivity index (χ1) is 8.16. The van der Waals surface area contributed by atoms with Crippen LogP contribution in [0.15, 0.2) is 35.1 Å². The van der Waals surface area contributed by atoms with Gasteiger partial charge in [0.2, 0.25) is 5.95 Å². The van der Waals surface area contributed by atoms with Crippen molar-refractivity contribution in [3.63, 3.8) is 0 Å². The molecule has 7 heteroatoms. The SMILES string of the molecule is O=C(Nc1nccnn1)c1cc(I)ccc1Br.